The van der Waals surface area contributed by atoms with Crippen molar-refractivity contribution >= 4 is 23.2 Å². The van der Waals surface area contributed by atoms with Gasteiger partial charge in [-0.05, 0) is 43.2 Å². The number of halogens is 1. The summed E-state index contributed by atoms with van der Waals surface area (Å²) < 4.78 is 21.7. The van der Waals surface area contributed by atoms with E-state index >= 15 is 0 Å². The average Bonchev–Trinajstić information content (AvgIpc) is 3.20. The van der Waals surface area contributed by atoms with Crippen LogP contribution < -0.4 is 19.5 Å². The lowest BCUT2D eigenvalue weighted by atomic mass is 10.2. The molecule has 0 aliphatic carbocycles. The van der Waals surface area contributed by atoms with Crippen LogP contribution in [0.2, 0.25) is 5.02 Å². The van der Waals surface area contributed by atoms with Gasteiger partial charge in [-0.2, -0.15) is 0 Å². The summed E-state index contributed by atoms with van der Waals surface area (Å²) in [5.74, 6) is 1.35. The van der Waals surface area contributed by atoms with Crippen LogP contribution in [0, 0.1) is 0 Å². The maximum Gasteiger partial charge on any atom is 0.255 e. The number of nitrogens with one attached hydrogen (secondary N) is 1. The van der Waals surface area contributed by atoms with Crippen LogP contribution in [-0.2, 0) is 4.74 Å². The van der Waals surface area contributed by atoms with Gasteiger partial charge in [-0.15, -0.1) is 0 Å². The highest BCUT2D eigenvalue weighted by atomic mass is 35.5. The van der Waals surface area contributed by atoms with E-state index in [0.29, 0.717) is 40.1 Å². The molecule has 2 aromatic carbocycles. The molecule has 1 N–H and O–H groups in total. The average molecular weight is 392 g/mol. The fourth-order valence-corrected chi connectivity index (χ4v) is 3.06. The first kappa shape index (κ1) is 19.3. The standard InChI is InChI=1S/C20H22ClNO5/c1-24-18-11-19(25-2)17(10-16(18)21)22-20(23)13-5-7-14(8-6-13)27-12-15-4-3-9-26-15/h5-8,10-11,15H,3-4,9,12H2,1-2H3,(H,22,23)/t15-/m1/s1. The van der Waals surface area contributed by atoms with E-state index in [9.17, 15) is 4.79 Å². The van der Waals surface area contributed by atoms with Gasteiger partial charge in [0.1, 0.15) is 23.9 Å². The van der Waals surface area contributed by atoms with Gasteiger partial charge in [0.15, 0.2) is 0 Å². The summed E-state index contributed by atoms with van der Waals surface area (Å²) in [7, 11) is 3.03. The van der Waals surface area contributed by atoms with Crippen LogP contribution in [0.15, 0.2) is 36.4 Å². The first-order chi connectivity index (χ1) is 13.1. The molecule has 3 rings (SSSR count). The predicted octanol–water partition coefficient (Wildman–Crippen LogP) is 4.17. The fourth-order valence-electron chi connectivity index (χ4n) is 2.82. The third-order valence-corrected chi connectivity index (χ3v) is 4.59. The molecule has 1 aliphatic heterocycles. The van der Waals surface area contributed by atoms with E-state index in [2.05, 4.69) is 5.32 Å². The lowest BCUT2D eigenvalue weighted by Gasteiger charge is -2.14. The molecular weight excluding hydrogens is 370 g/mol. The molecule has 1 fully saturated rings. The summed E-state index contributed by atoms with van der Waals surface area (Å²) >= 11 is 6.14. The number of benzene rings is 2. The van der Waals surface area contributed by atoms with E-state index in [4.69, 9.17) is 30.5 Å². The molecule has 1 aliphatic rings. The molecule has 2 aromatic rings. The highest BCUT2D eigenvalue weighted by Crippen LogP contribution is 2.36. The topological polar surface area (TPSA) is 66.0 Å². The van der Waals surface area contributed by atoms with Crippen molar-refractivity contribution in [2.45, 2.75) is 18.9 Å². The summed E-state index contributed by atoms with van der Waals surface area (Å²) in [5, 5.41) is 3.18. The van der Waals surface area contributed by atoms with E-state index in [-0.39, 0.29) is 12.0 Å². The van der Waals surface area contributed by atoms with Gasteiger partial charge in [0.2, 0.25) is 0 Å². The summed E-state index contributed by atoms with van der Waals surface area (Å²) in [6.07, 6.45) is 2.25. The van der Waals surface area contributed by atoms with Gasteiger partial charge < -0.3 is 24.3 Å². The molecular formula is C20H22ClNO5. The largest absolute Gasteiger partial charge is 0.495 e. The van der Waals surface area contributed by atoms with Crippen molar-refractivity contribution in [1.29, 1.82) is 0 Å². The van der Waals surface area contributed by atoms with Gasteiger partial charge in [0.05, 0.1) is 31.0 Å². The fraction of sp³-hybridized carbons (Fsp3) is 0.350. The van der Waals surface area contributed by atoms with Crippen LogP contribution >= 0.6 is 11.6 Å². The zero-order valence-corrected chi connectivity index (χ0v) is 16.0. The molecule has 0 bridgehead atoms. The van der Waals surface area contributed by atoms with Crippen molar-refractivity contribution in [2.75, 3.05) is 32.8 Å². The number of carbonyl (C=O) groups excluding carboxylic acids is 1. The van der Waals surface area contributed by atoms with Crippen LogP contribution in [0.3, 0.4) is 0 Å². The first-order valence-corrected chi connectivity index (χ1v) is 9.06. The van der Waals surface area contributed by atoms with E-state index in [1.807, 2.05) is 0 Å². The van der Waals surface area contributed by atoms with Crippen molar-refractivity contribution in [3.63, 3.8) is 0 Å². The van der Waals surface area contributed by atoms with Gasteiger partial charge in [-0.1, -0.05) is 11.6 Å². The molecule has 0 radical (unpaired) electrons. The van der Waals surface area contributed by atoms with Crippen molar-refractivity contribution in [3.05, 3.63) is 47.0 Å². The molecule has 1 atom stereocenters. The van der Waals surface area contributed by atoms with Gasteiger partial charge >= 0.3 is 0 Å². The number of carbonyl (C=O) groups is 1. The zero-order chi connectivity index (χ0) is 19.2. The first-order valence-electron chi connectivity index (χ1n) is 8.68. The normalized spacial score (nSPS) is 16.0. The van der Waals surface area contributed by atoms with E-state index in [1.54, 1.807) is 36.4 Å². The molecule has 27 heavy (non-hydrogen) atoms. The Morgan fingerprint density at radius 1 is 1.19 bits per heavy atom. The Morgan fingerprint density at radius 2 is 1.93 bits per heavy atom. The number of hydrogen-bond acceptors (Lipinski definition) is 5. The molecule has 1 heterocycles. The lowest BCUT2D eigenvalue weighted by molar-refractivity contribution is 0.0679. The van der Waals surface area contributed by atoms with E-state index in [0.717, 1.165) is 19.4 Å². The molecule has 0 spiro atoms. The summed E-state index contributed by atoms with van der Waals surface area (Å²) in [6, 6.07) is 10.2. The maximum absolute atomic E-state index is 12.5. The van der Waals surface area contributed by atoms with Gasteiger partial charge in [0.25, 0.3) is 5.91 Å². The van der Waals surface area contributed by atoms with Crippen molar-refractivity contribution in [1.82, 2.24) is 0 Å². The van der Waals surface area contributed by atoms with Crippen LogP contribution in [0.4, 0.5) is 5.69 Å². The summed E-state index contributed by atoms with van der Waals surface area (Å²) in [6.45, 7) is 1.32. The summed E-state index contributed by atoms with van der Waals surface area (Å²) in [5.41, 5.74) is 0.959. The molecule has 0 unspecified atom stereocenters. The Balaban J connectivity index is 1.64. The minimum atomic E-state index is -0.278. The Bertz CT molecular complexity index is 788. The molecule has 0 aromatic heterocycles. The van der Waals surface area contributed by atoms with Crippen LogP contribution in [0.25, 0.3) is 0 Å². The molecule has 0 saturated carbocycles. The minimum absolute atomic E-state index is 0.153. The molecule has 1 saturated heterocycles. The smallest absolute Gasteiger partial charge is 0.255 e. The monoisotopic (exact) mass is 391 g/mol. The third-order valence-electron chi connectivity index (χ3n) is 4.30. The molecule has 144 valence electrons. The van der Waals surface area contributed by atoms with E-state index in [1.165, 1.54) is 14.2 Å². The Morgan fingerprint density at radius 3 is 2.56 bits per heavy atom. The van der Waals surface area contributed by atoms with Gasteiger partial charge in [0, 0.05) is 18.2 Å². The number of ether oxygens (including phenoxy) is 4. The molecule has 7 heteroatoms. The maximum atomic E-state index is 12.5. The quantitative estimate of drug-likeness (QED) is 0.767. The SMILES string of the molecule is COc1cc(OC)c(NC(=O)c2ccc(OC[C@H]3CCCO3)cc2)cc1Cl. The zero-order valence-electron chi connectivity index (χ0n) is 15.3. The number of amides is 1. The Hall–Kier alpha value is -2.44. The second-order valence-corrected chi connectivity index (χ2v) is 6.52. The Kier molecular flexibility index (Phi) is 6.42. The highest BCUT2D eigenvalue weighted by Gasteiger charge is 2.16. The van der Waals surface area contributed by atoms with Gasteiger partial charge in [-0.3, -0.25) is 4.79 Å². The highest BCUT2D eigenvalue weighted by molar-refractivity contribution is 6.32. The van der Waals surface area contributed by atoms with Crippen LogP contribution in [0.1, 0.15) is 23.2 Å². The van der Waals surface area contributed by atoms with Gasteiger partial charge in [-0.25, -0.2) is 0 Å². The van der Waals surface area contributed by atoms with Crippen molar-refractivity contribution in [3.8, 4) is 17.2 Å². The third kappa shape index (κ3) is 4.84. The minimum Gasteiger partial charge on any atom is -0.495 e. The number of rotatable bonds is 7. The molecule has 1 amide bonds. The summed E-state index contributed by atoms with van der Waals surface area (Å²) in [4.78, 5) is 12.5. The van der Waals surface area contributed by atoms with Crippen molar-refractivity contribution in [2.24, 2.45) is 0 Å². The Labute approximate surface area is 163 Å². The van der Waals surface area contributed by atoms with Crippen molar-refractivity contribution < 1.29 is 23.7 Å². The molecule has 6 nitrogen and oxygen atoms in total. The number of anilines is 1. The van der Waals surface area contributed by atoms with Crippen LogP contribution in [0.5, 0.6) is 17.2 Å². The second-order valence-electron chi connectivity index (χ2n) is 6.11. The van der Waals surface area contributed by atoms with Crippen LogP contribution in [-0.4, -0.2) is 39.4 Å². The van der Waals surface area contributed by atoms with E-state index < -0.39 is 0 Å². The number of hydrogen-bond donors (Lipinski definition) is 1. The second kappa shape index (κ2) is 8.97. The number of methoxy groups -OCH3 is 2. The lowest BCUT2D eigenvalue weighted by Crippen LogP contribution is -2.16. The predicted molar refractivity (Wildman–Crippen MR) is 103 cm³/mol.